The molecule has 0 saturated carbocycles. The minimum absolute atomic E-state index is 0.0425. The number of phosphoric acid groups is 1. The highest BCUT2D eigenvalue weighted by Gasteiger charge is 2.27. The molecule has 0 radical (unpaired) electrons. The molecule has 0 bridgehead atoms. The summed E-state index contributed by atoms with van der Waals surface area (Å²) in [5, 5.41) is 23.9. The molecular weight excluding hydrogens is 651 g/mol. The maximum absolute atomic E-state index is 12.8. The van der Waals surface area contributed by atoms with Gasteiger partial charge in [0, 0.05) is 6.54 Å². The molecule has 4 atom stereocenters. The molecule has 0 fully saturated rings. The van der Waals surface area contributed by atoms with Gasteiger partial charge in [0.05, 0.1) is 37.9 Å². The van der Waals surface area contributed by atoms with Crippen LogP contribution >= 0.6 is 7.82 Å². The van der Waals surface area contributed by atoms with Crippen LogP contribution in [0.5, 0.6) is 0 Å². The summed E-state index contributed by atoms with van der Waals surface area (Å²) in [6.07, 6.45) is 38.0. The van der Waals surface area contributed by atoms with Crippen LogP contribution in [-0.4, -0.2) is 59.0 Å². The van der Waals surface area contributed by atoms with Gasteiger partial charge in [-0.15, -0.1) is 0 Å². The monoisotopic (exact) mass is 729 g/mol. The van der Waals surface area contributed by atoms with E-state index in [1.807, 2.05) is 6.08 Å². The minimum Gasteiger partial charge on any atom is -0.393 e. The third-order valence-electron chi connectivity index (χ3n) is 8.75. The van der Waals surface area contributed by atoms with Gasteiger partial charge < -0.3 is 26.2 Å². The zero-order chi connectivity index (χ0) is 37.0. The molecule has 0 aliphatic heterocycles. The Labute approximate surface area is 306 Å². The van der Waals surface area contributed by atoms with E-state index in [2.05, 4.69) is 43.5 Å². The lowest BCUT2D eigenvalue weighted by atomic mass is 10.0. The summed E-state index contributed by atoms with van der Waals surface area (Å²) < 4.78 is 22.0. The van der Waals surface area contributed by atoms with Crippen LogP contribution in [0.1, 0.15) is 174 Å². The molecule has 0 aliphatic carbocycles. The van der Waals surface area contributed by atoms with E-state index in [0.29, 0.717) is 12.8 Å². The van der Waals surface area contributed by atoms with E-state index in [-0.39, 0.29) is 19.6 Å². The van der Waals surface area contributed by atoms with Crippen LogP contribution in [0.15, 0.2) is 36.5 Å². The number of amides is 1. The zero-order valence-corrected chi connectivity index (χ0v) is 32.9. The van der Waals surface area contributed by atoms with Crippen molar-refractivity contribution in [3.05, 3.63) is 36.5 Å². The second kappa shape index (κ2) is 36.1. The highest BCUT2D eigenvalue weighted by molar-refractivity contribution is 7.47. The van der Waals surface area contributed by atoms with E-state index in [4.69, 9.17) is 14.8 Å². The molecule has 294 valence electrons. The second-order valence-corrected chi connectivity index (χ2v) is 15.1. The fourth-order valence-electron chi connectivity index (χ4n) is 5.68. The molecule has 0 aromatic heterocycles. The van der Waals surface area contributed by atoms with Crippen LogP contribution in [0.3, 0.4) is 0 Å². The van der Waals surface area contributed by atoms with Gasteiger partial charge in [-0.05, 0) is 44.9 Å². The Kier molecular flexibility index (Phi) is 35.1. The van der Waals surface area contributed by atoms with Gasteiger partial charge in [-0.2, -0.15) is 0 Å². The van der Waals surface area contributed by atoms with Gasteiger partial charge >= 0.3 is 7.82 Å². The molecule has 9 nitrogen and oxygen atoms in total. The first-order valence-electron chi connectivity index (χ1n) is 20.2. The second-order valence-electron chi connectivity index (χ2n) is 13.7. The zero-order valence-electron chi connectivity index (χ0n) is 32.0. The van der Waals surface area contributed by atoms with Gasteiger partial charge in [0.1, 0.15) is 0 Å². The summed E-state index contributed by atoms with van der Waals surface area (Å²) in [5.41, 5.74) is 5.34. The normalized spacial score (nSPS) is 15.2. The van der Waals surface area contributed by atoms with Crippen LogP contribution in [0.25, 0.3) is 0 Å². The van der Waals surface area contributed by atoms with E-state index < -0.39 is 38.6 Å². The predicted octanol–water partition coefficient (Wildman–Crippen LogP) is 9.75. The number of unbranched alkanes of at least 4 members (excludes halogenated alkanes) is 19. The maximum atomic E-state index is 12.8. The summed E-state index contributed by atoms with van der Waals surface area (Å²) in [7, 11) is -4.40. The molecule has 6 N–H and O–H groups in total. The smallest absolute Gasteiger partial charge is 0.393 e. The number of nitrogens with one attached hydrogen (secondary N) is 1. The first kappa shape index (κ1) is 48.7. The first-order valence-corrected chi connectivity index (χ1v) is 21.7. The molecule has 1 amide bonds. The van der Waals surface area contributed by atoms with E-state index in [0.717, 1.165) is 44.9 Å². The molecule has 0 spiro atoms. The Bertz CT molecular complexity index is 899. The van der Waals surface area contributed by atoms with Gasteiger partial charge in [0.2, 0.25) is 5.91 Å². The molecule has 0 heterocycles. The Morgan fingerprint density at radius 1 is 0.680 bits per heavy atom. The third-order valence-corrected chi connectivity index (χ3v) is 9.74. The summed E-state index contributed by atoms with van der Waals surface area (Å²) >= 11 is 0. The number of phosphoric ester groups is 1. The Morgan fingerprint density at radius 2 is 1.14 bits per heavy atom. The molecule has 0 rings (SSSR count). The Hall–Kier alpha value is -1.32. The van der Waals surface area contributed by atoms with Crippen molar-refractivity contribution in [1.29, 1.82) is 0 Å². The van der Waals surface area contributed by atoms with Crippen LogP contribution in [0.2, 0.25) is 0 Å². The Balaban J connectivity index is 4.42. The SMILES string of the molecule is CCCCC/C=C/CC/C=C/CC/C=C/C(O)C(COP(=O)(O)OCCN)NC(=O)CC(O)CCCCCCCCCCCCCCCCC. The molecular formula is C40H77N2O7P. The van der Waals surface area contributed by atoms with Crippen LogP contribution in [0, 0.1) is 0 Å². The summed E-state index contributed by atoms with van der Waals surface area (Å²) in [5.74, 6) is -0.461. The van der Waals surface area contributed by atoms with Crippen LogP contribution in [-0.2, 0) is 18.4 Å². The van der Waals surface area contributed by atoms with Crippen molar-refractivity contribution in [3.63, 3.8) is 0 Å². The van der Waals surface area contributed by atoms with Crippen LogP contribution < -0.4 is 11.1 Å². The van der Waals surface area contributed by atoms with E-state index in [1.165, 1.54) is 96.3 Å². The van der Waals surface area contributed by atoms with Crippen molar-refractivity contribution in [2.24, 2.45) is 5.73 Å². The van der Waals surface area contributed by atoms with Crippen molar-refractivity contribution >= 4 is 13.7 Å². The number of nitrogens with two attached hydrogens (primary N) is 1. The van der Waals surface area contributed by atoms with Crippen molar-refractivity contribution in [3.8, 4) is 0 Å². The number of rotatable bonds is 37. The Morgan fingerprint density at radius 3 is 1.66 bits per heavy atom. The molecule has 50 heavy (non-hydrogen) atoms. The third kappa shape index (κ3) is 33.8. The number of carbonyl (C=O) groups is 1. The number of allylic oxidation sites excluding steroid dienone is 5. The number of aliphatic hydroxyl groups is 2. The van der Waals surface area contributed by atoms with Gasteiger partial charge in [0.25, 0.3) is 0 Å². The van der Waals surface area contributed by atoms with Gasteiger partial charge in [0.15, 0.2) is 0 Å². The van der Waals surface area contributed by atoms with E-state index in [9.17, 15) is 24.5 Å². The van der Waals surface area contributed by atoms with E-state index >= 15 is 0 Å². The van der Waals surface area contributed by atoms with Crippen molar-refractivity contribution < 1.29 is 33.5 Å². The van der Waals surface area contributed by atoms with Crippen molar-refractivity contribution in [1.82, 2.24) is 5.32 Å². The molecule has 0 aromatic carbocycles. The lowest BCUT2D eigenvalue weighted by Crippen LogP contribution is -2.46. The number of aliphatic hydroxyl groups excluding tert-OH is 2. The highest BCUT2D eigenvalue weighted by Crippen LogP contribution is 2.43. The average molecular weight is 729 g/mol. The quantitative estimate of drug-likeness (QED) is 0.0241. The standard InChI is InChI=1S/C40H77N2O7P/c1-3-5-7-9-11-13-15-17-18-20-21-23-25-27-29-31-37(43)35-40(45)42-38(36-49-50(46,47)48-34-33-41)39(44)32-30-28-26-24-22-19-16-14-12-10-8-6-4-2/h12,14,22,24,30,32,37-39,43-44H,3-11,13,15-21,23,25-29,31,33-36,41H2,1-2H3,(H,42,45)(H,46,47)/b14-12+,24-22+,32-30+. The largest absolute Gasteiger partial charge is 0.472 e. The average Bonchev–Trinajstić information content (AvgIpc) is 3.09. The first-order chi connectivity index (χ1) is 24.3. The van der Waals surface area contributed by atoms with Gasteiger partial charge in [-0.25, -0.2) is 4.57 Å². The number of hydrogen-bond donors (Lipinski definition) is 5. The van der Waals surface area contributed by atoms with E-state index in [1.54, 1.807) is 6.08 Å². The molecule has 0 aliphatic rings. The van der Waals surface area contributed by atoms with Crippen LogP contribution in [0.4, 0.5) is 0 Å². The summed E-state index contributed by atoms with van der Waals surface area (Å²) in [6.45, 7) is 3.90. The topological polar surface area (TPSA) is 151 Å². The molecule has 0 saturated heterocycles. The fraction of sp³-hybridized carbons (Fsp3) is 0.825. The lowest BCUT2D eigenvalue weighted by Gasteiger charge is -2.24. The van der Waals surface area contributed by atoms with Crippen molar-refractivity contribution in [2.75, 3.05) is 19.8 Å². The number of carbonyl (C=O) groups excluding carboxylic acids is 1. The fourth-order valence-corrected chi connectivity index (χ4v) is 6.44. The summed E-state index contributed by atoms with van der Waals surface area (Å²) in [6, 6.07) is -1.00. The maximum Gasteiger partial charge on any atom is 0.472 e. The molecule has 10 heteroatoms. The molecule has 0 aromatic rings. The van der Waals surface area contributed by atoms with Gasteiger partial charge in [-0.3, -0.25) is 13.8 Å². The number of hydrogen-bond acceptors (Lipinski definition) is 7. The lowest BCUT2D eigenvalue weighted by molar-refractivity contribution is -0.124. The minimum atomic E-state index is -4.40. The van der Waals surface area contributed by atoms with Gasteiger partial charge in [-0.1, -0.05) is 159 Å². The summed E-state index contributed by atoms with van der Waals surface area (Å²) in [4.78, 5) is 22.7. The highest BCUT2D eigenvalue weighted by atomic mass is 31.2. The predicted molar refractivity (Wildman–Crippen MR) is 209 cm³/mol. The molecule has 4 unspecified atom stereocenters. The van der Waals surface area contributed by atoms with Crippen molar-refractivity contribution in [2.45, 2.75) is 193 Å².